The van der Waals surface area contributed by atoms with Crippen molar-refractivity contribution in [3.05, 3.63) is 0 Å². The first-order valence-corrected chi connectivity index (χ1v) is 4.32. The van der Waals surface area contributed by atoms with E-state index < -0.39 is 24.3 Å². The fourth-order valence-electron chi connectivity index (χ4n) is 1.12. The second-order valence-corrected chi connectivity index (χ2v) is 3.52. The van der Waals surface area contributed by atoms with Crippen molar-refractivity contribution < 1.29 is 22.4 Å². The van der Waals surface area contributed by atoms with Gasteiger partial charge in [0.2, 0.25) is 0 Å². The van der Waals surface area contributed by atoms with Gasteiger partial charge in [-0.3, -0.25) is 4.79 Å². The minimum absolute atomic E-state index is 0.160. The summed E-state index contributed by atoms with van der Waals surface area (Å²) in [5.41, 5.74) is 0. The van der Waals surface area contributed by atoms with Crippen LogP contribution in [0.5, 0.6) is 0 Å². The molecule has 0 aliphatic heterocycles. The fourth-order valence-corrected chi connectivity index (χ4v) is 1.12. The number of hydrogen-bond acceptors (Lipinski definition) is 1. The normalized spacial score (nSPS) is 19.6. The van der Waals surface area contributed by atoms with Crippen LogP contribution >= 0.6 is 0 Å². The molecule has 14 heavy (non-hydrogen) atoms. The lowest BCUT2D eigenvalue weighted by Crippen LogP contribution is -2.48. The Bertz CT molecular complexity index is 227. The van der Waals surface area contributed by atoms with E-state index in [4.69, 9.17) is 0 Å². The van der Waals surface area contributed by atoms with Gasteiger partial charge >= 0.3 is 12.3 Å². The van der Waals surface area contributed by atoms with Gasteiger partial charge in [0.15, 0.2) is 0 Å². The number of halogens is 4. The summed E-state index contributed by atoms with van der Waals surface area (Å²) in [7, 11) is 0. The van der Waals surface area contributed by atoms with Gasteiger partial charge in [-0.25, -0.2) is 8.78 Å². The van der Waals surface area contributed by atoms with E-state index in [-0.39, 0.29) is 5.92 Å². The Labute approximate surface area is 78.7 Å². The van der Waals surface area contributed by atoms with E-state index in [1.54, 1.807) is 0 Å². The molecule has 0 radical (unpaired) electrons. The zero-order valence-electron chi connectivity index (χ0n) is 7.57. The van der Waals surface area contributed by atoms with Crippen molar-refractivity contribution in [1.82, 2.24) is 5.32 Å². The van der Waals surface area contributed by atoms with Crippen LogP contribution in [0.15, 0.2) is 0 Å². The maximum absolute atomic E-state index is 12.4. The molecule has 0 aromatic rings. The predicted molar refractivity (Wildman–Crippen MR) is 41.3 cm³/mol. The number of carbonyl (C=O) groups is 1. The molecule has 0 bridgehead atoms. The van der Waals surface area contributed by atoms with Crippen LogP contribution < -0.4 is 5.32 Å². The van der Waals surface area contributed by atoms with Gasteiger partial charge in [-0.1, -0.05) is 0 Å². The molecule has 1 unspecified atom stereocenters. The first kappa shape index (κ1) is 11.3. The molecule has 0 heterocycles. The van der Waals surface area contributed by atoms with E-state index in [0.29, 0.717) is 0 Å². The Morgan fingerprint density at radius 3 is 2.29 bits per heavy atom. The number of alkyl halides is 4. The zero-order valence-corrected chi connectivity index (χ0v) is 7.57. The third kappa shape index (κ3) is 2.36. The number of nitrogens with one attached hydrogen (secondary N) is 1. The van der Waals surface area contributed by atoms with Gasteiger partial charge < -0.3 is 5.32 Å². The van der Waals surface area contributed by atoms with Crippen molar-refractivity contribution in [2.75, 3.05) is 0 Å². The molecule has 0 aromatic heterocycles. The summed E-state index contributed by atoms with van der Waals surface area (Å²) in [5.74, 6) is -6.30. The summed E-state index contributed by atoms with van der Waals surface area (Å²) in [5, 5.41) is 1.89. The van der Waals surface area contributed by atoms with Crippen LogP contribution in [0.4, 0.5) is 17.6 Å². The first-order valence-electron chi connectivity index (χ1n) is 4.32. The molecule has 1 rings (SSSR count). The minimum Gasteiger partial charge on any atom is -0.348 e. The molecule has 0 saturated heterocycles. The van der Waals surface area contributed by atoms with Gasteiger partial charge in [0.05, 0.1) is 0 Å². The Morgan fingerprint density at radius 2 is 1.93 bits per heavy atom. The van der Waals surface area contributed by atoms with E-state index in [9.17, 15) is 22.4 Å². The van der Waals surface area contributed by atoms with E-state index in [1.807, 2.05) is 5.32 Å². The van der Waals surface area contributed by atoms with Gasteiger partial charge in [0, 0.05) is 6.04 Å². The molecule has 0 spiro atoms. The van der Waals surface area contributed by atoms with Crippen molar-refractivity contribution in [3.63, 3.8) is 0 Å². The molecule has 1 N–H and O–H groups in total. The number of amides is 1. The molecule has 1 aliphatic rings. The third-order valence-electron chi connectivity index (χ3n) is 2.26. The summed E-state index contributed by atoms with van der Waals surface area (Å²) in [6.07, 6.45) is -2.25. The Balaban J connectivity index is 2.47. The average molecular weight is 213 g/mol. The largest absolute Gasteiger partial charge is 0.383 e. The van der Waals surface area contributed by atoms with Crippen LogP contribution in [0.25, 0.3) is 0 Å². The van der Waals surface area contributed by atoms with Gasteiger partial charge in [0.25, 0.3) is 5.91 Å². The highest BCUT2D eigenvalue weighted by Crippen LogP contribution is 2.33. The highest BCUT2D eigenvalue weighted by atomic mass is 19.3. The standard InChI is InChI=1S/C8H11F4NO/c1-4(5-2-3-5)13-7(14)8(11,12)6(9)10/h4-6H,2-3H2,1H3,(H,13,14). The van der Waals surface area contributed by atoms with E-state index in [0.717, 1.165) is 12.8 Å². The molecule has 1 amide bonds. The lowest BCUT2D eigenvalue weighted by Gasteiger charge is -2.18. The second-order valence-electron chi connectivity index (χ2n) is 3.52. The molecule has 6 heteroatoms. The lowest BCUT2D eigenvalue weighted by molar-refractivity contribution is -0.170. The van der Waals surface area contributed by atoms with Crippen molar-refractivity contribution in [1.29, 1.82) is 0 Å². The summed E-state index contributed by atoms with van der Waals surface area (Å²) in [6, 6.07) is -0.452. The van der Waals surface area contributed by atoms with Crippen molar-refractivity contribution in [3.8, 4) is 0 Å². The number of carbonyl (C=O) groups excluding carboxylic acids is 1. The van der Waals surface area contributed by atoms with Crippen molar-refractivity contribution in [2.24, 2.45) is 5.92 Å². The predicted octanol–water partition coefficient (Wildman–Crippen LogP) is 1.80. The van der Waals surface area contributed by atoms with Crippen LogP contribution in [-0.4, -0.2) is 24.3 Å². The Kier molecular flexibility index (Phi) is 3.01. The highest BCUT2D eigenvalue weighted by molar-refractivity contribution is 5.84. The smallest absolute Gasteiger partial charge is 0.348 e. The fraction of sp³-hybridized carbons (Fsp3) is 0.875. The summed E-state index contributed by atoms with van der Waals surface area (Å²) >= 11 is 0. The summed E-state index contributed by atoms with van der Waals surface area (Å²) in [6.45, 7) is 1.54. The quantitative estimate of drug-likeness (QED) is 0.709. The number of hydrogen-bond donors (Lipinski definition) is 1. The van der Waals surface area contributed by atoms with E-state index in [1.165, 1.54) is 6.92 Å². The monoisotopic (exact) mass is 213 g/mol. The van der Waals surface area contributed by atoms with Gasteiger partial charge in [-0.2, -0.15) is 8.78 Å². The Morgan fingerprint density at radius 1 is 1.43 bits per heavy atom. The van der Waals surface area contributed by atoms with Gasteiger partial charge in [0.1, 0.15) is 0 Å². The van der Waals surface area contributed by atoms with Gasteiger partial charge in [-0.15, -0.1) is 0 Å². The molecule has 82 valence electrons. The van der Waals surface area contributed by atoms with Crippen LogP contribution in [-0.2, 0) is 4.79 Å². The minimum atomic E-state index is -4.58. The highest BCUT2D eigenvalue weighted by Gasteiger charge is 2.49. The Hall–Kier alpha value is -0.810. The van der Waals surface area contributed by atoms with Crippen molar-refractivity contribution in [2.45, 2.75) is 38.2 Å². The second kappa shape index (κ2) is 3.74. The average Bonchev–Trinajstić information content (AvgIpc) is 2.85. The zero-order chi connectivity index (χ0) is 10.9. The molecular formula is C8H11F4NO. The van der Waals surface area contributed by atoms with E-state index in [2.05, 4.69) is 0 Å². The molecule has 1 atom stereocenters. The van der Waals surface area contributed by atoms with Crippen molar-refractivity contribution >= 4 is 5.91 Å². The lowest BCUT2D eigenvalue weighted by atomic mass is 10.2. The number of rotatable bonds is 4. The molecule has 1 fully saturated rings. The molecule has 0 aromatic carbocycles. The topological polar surface area (TPSA) is 29.1 Å². The first-order chi connectivity index (χ1) is 6.35. The molecule has 2 nitrogen and oxygen atoms in total. The van der Waals surface area contributed by atoms with E-state index >= 15 is 0 Å². The van der Waals surface area contributed by atoms with Crippen LogP contribution in [0.2, 0.25) is 0 Å². The third-order valence-corrected chi connectivity index (χ3v) is 2.26. The van der Waals surface area contributed by atoms with Gasteiger partial charge in [-0.05, 0) is 25.7 Å². The SMILES string of the molecule is CC(NC(=O)C(F)(F)C(F)F)C1CC1. The van der Waals surface area contributed by atoms with Crippen LogP contribution in [0, 0.1) is 5.92 Å². The van der Waals surface area contributed by atoms with Crippen LogP contribution in [0.3, 0.4) is 0 Å². The summed E-state index contributed by atoms with van der Waals surface area (Å²) < 4.78 is 48.3. The molecule has 1 saturated carbocycles. The molecular weight excluding hydrogens is 202 g/mol. The maximum atomic E-state index is 12.4. The summed E-state index contributed by atoms with van der Waals surface area (Å²) in [4.78, 5) is 10.7. The van der Waals surface area contributed by atoms with Crippen LogP contribution in [0.1, 0.15) is 19.8 Å². The molecule has 1 aliphatic carbocycles. The maximum Gasteiger partial charge on any atom is 0.383 e.